The fraction of sp³-hybridized carbons (Fsp3) is 0.0870. The number of carbonyl (C=O) groups is 1. The van der Waals surface area contributed by atoms with Gasteiger partial charge < -0.3 is 10.1 Å². The third-order valence-electron chi connectivity index (χ3n) is 4.60. The Morgan fingerprint density at radius 1 is 1.00 bits per heavy atom. The van der Waals surface area contributed by atoms with Gasteiger partial charge in [0.1, 0.15) is 11.4 Å². The van der Waals surface area contributed by atoms with Crippen LogP contribution in [0.5, 0.6) is 5.75 Å². The Labute approximate surface area is 173 Å². The Morgan fingerprint density at radius 3 is 2.52 bits per heavy atom. The average Bonchev–Trinajstić information content (AvgIpc) is 2.73. The second kappa shape index (κ2) is 7.89. The molecule has 1 amide bonds. The van der Waals surface area contributed by atoms with Gasteiger partial charge in [0.05, 0.1) is 23.2 Å². The Balaban J connectivity index is 1.85. The number of aromatic nitrogens is 2. The molecule has 0 atom stereocenters. The first kappa shape index (κ1) is 18.9. The molecule has 0 radical (unpaired) electrons. The second-order valence-corrected chi connectivity index (χ2v) is 7.02. The molecule has 3 aromatic carbocycles. The van der Waals surface area contributed by atoms with Crippen molar-refractivity contribution in [2.24, 2.45) is 0 Å². The van der Waals surface area contributed by atoms with Gasteiger partial charge in [0.15, 0.2) is 0 Å². The minimum absolute atomic E-state index is 0.282. The van der Waals surface area contributed by atoms with Crippen LogP contribution in [0.4, 0.5) is 5.69 Å². The van der Waals surface area contributed by atoms with Crippen LogP contribution in [0, 0.1) is 6.92 Å². The van der Waals surface area contributed by atoms with Gasteiger partial charge in [-0.15, -0.1) is 10.2 Å². The molecule has 0 fully saturated rings. The van der Waals surface area contributed by atoms with Gasteiger partial charge >= 0.3 is 0 Å². The Kier molecular flexibility index (Phi) is 5.14. The molecule has 0 aliphatic rings. The number of anilines is 1. The number of carbonyl (C=O) groups excluding carboxylic acids is 1. The molecule has 0 aliphatic carbocycles. The number of halogens is 1. The number of ether oxygens (including phenoxy) is 1. The molecular weight excluding hydrogens is 386 g/mol. The molecule has 1 heterocycles. The molecule has 5 nitrogen and oxygen atoms in total. The fourth-order valence-electron chi connectivity index (χ4n) is 3.18. The summed E-state index contributed by atoms with van der Waals surface area (Å²) in [6.45, 7) is 1.98. The summed E-state index contributed by atoms with van der Waals surface area (Å²) >= 11 is 6.20. The topological polar surface area (TPSA) is 64.1 Å². The van der Waals surface area contributed by atoms with Crippen molar-refractivity contribution in [1.82, 2.24) is 10.2 Å². The molecule has 0 unspecified atom stereocenters. The number of hydrogen-bond donors (Lipinski definition) is 1. The zero-order valence-corrected chi connectivity index (χ0v) is 16.7. The summed E-state index contributed by atoms with van der Waals surface area (Å²) < 4.78 is 5.17. The van der Waals surface area contributed by atoms with Gasteiger partial charge in [-0.05, 0) is 37.3 Å². The molecule has 0 saturated carbocycles. The van der Waals surface area contributed by atoms with Gasteiger partial charge in [-0.1, -0.05) is 53.6 Å². The van der Waals surface area contributed by atoms with E-state index in [1.54, 1.807) is 25.3 Å². The third-order valence-corrected chi connectivity index (χ3v) is 4.90. The highest BCUT2D eigenvalue weighted by atomic mass is 35.5. The van der Waals surface area contributed by atoms with E-state index in [-0.39, 0.29) is 5.91 Å². The first-order valence-electron chi connectivity index (χ1n) is 9.04. The van der Waals surface area contributed by atoms with E-state index >= 15 is 0 Å². The van der Waals surface area contributed by atoms with E-state index in [1.165, 1.54) is 0 Å². The van der Waals surface area contributed by atoms with Crippen molar-refractivity contribution < 1.29 is 9.53 Å². The highest BCUT2D eigenvalue weighted by Gasteiger charge is 2.20. The van der Waals surface area contributed by atoms with Gasteiger partial charge in [0, 0.05) is 16.6 Å². The van der Waals surface area contributed by atoms with Crippen molar-refractivity contribution in [3.63, 3.8) is 0 Å². The molecule has 144 valence electrons. The van der Waals surface area contributed by atoms with Crippen LogP contribution in [0.3, 0.4) is 0 Å². The smallest absolute Gasteiger partial charge is 0.258 e. The number of hydrogen-bond acceptors (Lipinski definition) is 4. The summed E-state index contributed by atoms with van der Waals surface area (Å²) in [6.07, 6.45) is 0. The number of nitrogens with zero attached hydrogens (tertiary/aromatic N) is 2. The number of aryl methyl sites for hydroxylation is 1. The van der Waals surface area contributed by atoms with Crippen LogP contribution in [0.15, 0.2) is 66.7 Å². The van der Waals surface area contributed by atoms with Crippen molar-refractivity contribution >= 4 is 34.1 Å². The minimum atomic E-state index is -0.282. The molecule has 6 heteroatoms. The molecule has 29 heavy (non-hydrogen) atoms. The number of fused-ring (bicyclic) bond motifs is 1. The Hall–Kier alpha value is -3.44. The molecular formula is C23H18ClN3O2. The van der Waals surface area contributed by atoms with Gasteiger partial charge in [0.25, 0.3) is 5.91 Å². The van der Waals surface area contributed by atoms with Crippen LogP contribution in [0.25, 0.3) is 22.2 Å². The maximum absolute atomic E-state index is 13.3. The lowest BCUT2D eigenvalue weighted by Gasteiger charge is -2.13. The zero-order chi connectivity index (χ0) is 20.4. The van der Waals surface area contributed by atoms with Crippen molar-refractivity contribution in [2.75, 3.05) is 12.4 Å². The zero-order valence-electron chi connectivity index (χ0n) is 15.9. The maximum atomic E-state index is 13.3. The van der Waals surface area contributed by atoms with Crippen molar-refractivity contribution in [3.05, 3.63) is 82.9 Å². The molecule has 1 N–H and O–H groups in total. The molecule has 4 rings (SSSR count). The predicted octanol–water partition coefficient (Wildman–Crippen LogP) is 5.52. The van der Waals surface area contributed by atoms with Crippen LogP contribution < -0.4 is 10.1 Å². The third kappa shape index (κ3) is 3.77. The van der Waals surface area contributed by atoms with E-state index in [1.807, 2.05) is 55.5 Å². The summed E-state index contributed by atoms with van der Waals surface area (Å²) in [5.74, 6) is 0.261. The van der Waals surface area contributed by atoms with Crippen molar-refractivity contribution in [2.45, 2.75) is 6.92 Å². The summed E-state index contributed by atoms with van der Waals surface area (Å²) in [7, 11) is 1.54. The number of nitrogens with one attached hydrogen (secondary N) is 1. The lowest BCUT2D eigenvalue weighted by atomic mass is 10.00. The van der Waals surface area contributed by atoms with Crippen LogP contribution in [-0.4, -0.2) is 23.2 Å². The predicted molar refractivity (Wildman–Crippen MR) is 116 cm³/mol. The normalized spacial score (nSPS) is 10.7. The molecule has 0 bridgehead atoms. The molecule has 1 aromatic heterocycles. The first-order chi connectivity index (χ1) is 14.1. The van der Waals surface area contributed by atoms with E-state index in [9.17, 15) is 4.79 Å². The molecule has 0 spiro atoms. The van der Waals surface area contributed by atoms with E-state index in [4.69, 9.17) is 16.3 Å². The summed E-state index contributed by atoms with van der Waals surface area (Å²) in [5, 5.41) is 12.8. The SMILES string of the molecule is COc1ccc(NC(=O)c2c(-c3ccccc3)nnc3ccc(C)cc23)cc1Cl. The molecule has 0 aliphatic heterocycles. The first-order valence-corrected chi connectivity index (χ1v) is 9.42. The standard InChI is InChI=1S/C23H18ClN3O2/c1-14-8-10-19-17(12-14)21(22(27-26-19)15-6-4-3-5-7-15)23(28)25-16-9-11-20(29-2)18(24)13-16/h3-13H,1-2H3,(H,25,28). The summed E-state index contributed by atoms with van der Waals surface area (Å²) in [5.41, 5.74) is 4.08. The fourth-order valence-corrected chi connectivity index (χ4v) is 3.44. The molecule has 0 saturated heterocycles. The Bertz CT molecular complexity index is 1210. The van der Waals surface area contributed by atoms with E-state index in [0.717, 1.165) is 16.5 Å². The van der Waals surface area contributed by atoms with Crippen LogP contribution >= 0.6 is 11.6 Å². The van der Waals surface area contributed by atoms with Crippen LogP contribution in [0.2, 0.25) is 5.02 Å². The van der Waals surface area contributed by atoms with Crippen molar-refractivity contribution in [1.29, 1.82) is 0 Å². The largest absolute Gasteiger partial charge is 0.495 e. The van der Waals surface area contributed by atoms with E-state index in [0.29, 0.717) is 33.2 Å². The van der Waals surface area contributed by atoms with Crippen molar-refractivity contribution in [3.8, 4) is 17.0 Å². The lowest BCUT2D eigenvalue weighted by molar-refractivity contribution is 0.102. The van der Waals surface area contributed by atoms with Crippen LogP contribution in [0.1, 0.15) is 15.9 Å². The quantitative estimate of drug-likeness (QED) is 0.487. The lowest BCUT2D eigenvalue weighted by Crippen LogP contribution is -2.15. The van der Waals surface area contributed by atoms with E-state index < -0.39 is 0 Å². The highest BCUT2D eigenvalue weighted by molar-refractivity contribution is 6.32. The minimum Gasteiger partial charge on any atom is -0.495 e. The van der Waals surface area contributed by atoms with Gasteiger partial charge in [0.2, 0.25) is 0 Å². The molecule has 4 aromatic rings. The average molecular weight is 404 g/mol. The van der Waals surface area contributed by atoms with E-state index in [2.05, 4.69) is 15.5 Å². The number of rotatable bonds is 4. The maximum Gasteiger partial charge on any atom is 0.258 e. The Morgan fingerprint density at radius 2 is 1.79 bits per heavy atom. The number of methoxy groups -OCH3 is 1. The van der Waals surface area contributed by atoms with Gasteiger partial charge in [-0.2, -0.15) is 0 Å². The monoisotopic (exact) mass is 403 g/mol. The van der Waals surface area contributed by atoms with Gasteiger partial charge in [-0.25, -0.2) is 0 Å². The summed E-state index contributed by atoms with van der Waals surface area (Å²) in [4.78, 5) is 13.3. The second-order valence-electron chi connectivity index (χ2n) is 6.61. The van der Waals surface area contributed by atoms with Crippen LogP contribution in [-0.2, 0) is 0 Å². The highest BCUT2D eigenvalue weighted by Crippen LogP contribution is 2.30. The summed E-state index contributed by atoms with van der Waals surface area (Å²) in [6, 6.07) is 20.4. The number of benzene rings is 3. The number of amides is 1. The van der Waals surface area contributed by atoms with Gasteiger partial charge in [-0.3, -0.25) is 4.79 Å².